The molecule has 74 heavy (non-hydrogen) atoms. The normalized spacial score (nSPS) is 20.0. The lowest BCUT2D eigenvalue weighted by atomic mass is 10.0. The van der Waals surface area contributed by atoms with Crippen LogP contribution < -0.4 is 59.7 Å². The van der Waals surface area contributed by atoms with Gasteiger partial charge in [0.1, 0.15) is 42.3 Å². The van der Waals surface area contributed by atoms with Crippen LogP contribution in [-0.4, -0.2) is 124 Å². The molecule has 7 atom stereocenters. The first-order valence-corrected chi connectivity index (χ1v) is 24.7. The monoisotopic (exact) mass is 1020 g/mol. The van der Waals surface area contributed by atoms with Crippen LogP contribution >= 0.6 is 0 Å². The second-order valence-corrected chi connectivity index (χ2v) is 18.1. The van der Waals surface area contributed by atoms with Gasteiger partial charge in [0.15, 0.2) is 5.96 Å². The predicted octanol–water partition coefficient (Wildman–Crippen LogP) is -0.967. The van der Waals surface area contributed by atoms with Gasteiger partial charge in [-0.2, -0.15) is 0 Å². The largest absolute Gasteiger partial charge is 0.370 e. The SMILES string of the molecule is CCCC[C@H](NC(C)=O)C(=O)N[C@H]1CCC(=O)NCC[C@@H](C(=O)N[C@H](Cc2ccc3ccccc3c2)C(N)=O)NC(=O)C(CCCN=C(N)N)NC(=O)[C@@H](Cc2ccccc2)NC(=O)[C@H](Cc2cnc[nH]2)NC1=O. The maximum Gasteiger partial charge on any atom is 0.243 e. The third-order valence-corrected chi connectivity index (χ3v) is 12.2. The van der Waals surface area contributed by atoms with Crippen LogP contribution in [0.3, 0.4) is 0 Å². The number of guanidine groups is 1. The van der Waals surface area contributed by atoms with Crippen LogP contribution in [0.25, 0.3) is 10.8 Å². The Kier molecular flexibility index (Phi) is 21.9. The highest BCUT2D eigenvalue weighted by atomic mass is 16.2. The number of aromatic nitrogens is 2. The standard InChI is InChI=1S/C51H68N14O9/c1-3-4-15-36(59-30(2)66)45(69)61-38-19-20-43(67)56-23-21-39(48(72)63-40(44(52)68)26-32-17-18-33-13-8-9-14-34(33)24-32)62-46(70)37(16-10-22-57-51(53)54)60-49(73)41(25-31-11-6-5-7-12-31)64-50(74)42(65-47(38)71)27-35-28-55-29-58-35/h5-9,11-14,17-18,24,28-29,36-42H,3-4,10,15-16,19-23,25-27H2,1-2H3,(H2,52,68)(H,55,58)(H,56,67)(H,59,66)(H,60,73)(H,61,69)(H,62,70)(H,63,72)(H,64,74)(H,65,71)(H4,53,54,57)/t36-,37?,38-,39-,40+,41+,42-/m0/s1. The van der Waals surface area contributed by atoms with Crippen molar-refractivity contribution in [2.24, 2.45) is 22.2 Å². The van der Waals surface area contributed by atoms with Crippen LogP contribution in [0, 0.1) is 0 Å². The molecule has 0 saturated carbocycles. The molecule has 15 N–H and O–H groups in total. The number of carbonyl (C=O) groups is 9. The third kappa shape index (κ3) is 18.3. The number of amides is 9. The van der Waals surface area contributed by atoms with Gasteiger partial charge in [-0.3, -0.25) is 48.1 Å². The fourth-order valence-corrected chi connectivity index (χ4v) is 8.29. The van der Waals surface area contributed by atoms with Gasteiger partial charge in [0.25, 0.3) is 0 Å². The highest BCUT2D eigenvalue weighted by Gasteiger charge is 2.35. The number of hydrogen-bond acceptors (Lipinski definition) is 11. The van der Waals surface area contributed by atoms with Crippen LogP contribution in [-0.2, 0) is 62.4 Å². The summed E-state index contributed by atoms with van der Waals surface area (Å²) in [7, 11) is 0. The van der Waals surface area contributed by atoms with E-state index in [1.165, 1.54) is 19.4 Å². The van der Waals surface area contributed by atoms with Crippen molar-refractivity contribution in [3.8, 4) is 0 Å². The van der Waals surface area contributed by atoms with Crippen LogP contribution in [0.4, 0.5) is 0 Å². The van der Waals surface area contributed by atoms with Gasteiger partial charge in [0, 0.05) is 57.6 Å². The van der Waals surface area contributed by atoms with Crippen molar-refractivity contribution in [2.75, 3.05) is 13.1 Å². The number of benzene rings is 3. The Bertz CT molecular complexity index is 2610. The van der Waals surface area contributed by atoms with Gasteiger partial charge in [-0.1, -0.05) is 92.6 Å². The molecule has 1 fully saturated rings. The second kappa shape index (κ2) is 28.6. The molecule has 396 valence electrons. The van der Waals surface area contributed by atoms with E-state index in [0.29, 0.717) is 29.7 Å². The summed E-state index contributed by atoms with van der Waals surface area (Å²) in [5.74, 6) is -7.02. The second-order valence-electron chi connectivity index (χ2n) is 18.1. The minimum Gasteiger partial charge on any atom is -0.370 e. The van der Waals surface area contributed by atoms with Crippen molar-refractivity contribution in [1.29, 1.82) is 0 Å². The molecular weight excluding hydrogens is 953 g/mol. The Hall–Kier alpha value is -8.37. The molecule has 0 aliphatic carbocycles. The zero-order valence-electron chi connectivity index (χ0n) is 41.6. The molecule has 1 aromatic heterocycles. The topological polar surface area (TPSA) is 369 Å². The number of nitrogens with two attached hydrogens (primary N) is 3. The molecule has 5 rings (SSSR count). The molecule has 1 saturated heterocycles. The first kappa shape index (κ1) is 56.5. The lowest BCUT2D eigenvalue weighted by Gasteiger charge is -2.28. The van der Waals surface area contributed by atoms with E-state index in [1.807, 2.05) is 43.3 Å². The summed E-state index contributed by atoms with van der Waals surface area (Å²) in [6.07, 6.45) is 3.28. The lowest BCUT2D eigenvalue weighted by molar-refractivity contribution is -0.135. The van der Waals surface area contributed by atoms with Gasteiger partial charge in [0.2, 0.25) is 53.2 Å². The van der Waals surface area contributed by atoms with Crippen molar-refractivity contribution in [2.45, 2.75) is 127 Å². The maximum absolute atomic E-state index is 14.6. The Morgan fingerprint density at radius 1 is 0.743 bits per heavy atom. The first-order valence-electron chi connectivity index (χ1n) is 24.7. The molecule has 1 unspecified atom stereocenters. The summed E-state index contributed by atoms with van der Waals surface area (Å²) in [4.78, 5) is 135. The van der Waals surface area contributed by atoms with Crippen molar-refractivity contribution in [3.05, 3.63) is 102 Å². The van der Waals surface area contributed by atoms with Gasteiger partial charge < -0.3 is 64.7 Å². The number of rotatable bonds is 19. The molecule has 23 heteroatoms. The van der Waals surface area contributed by atoms with Gasteiger partial charge in [-0.25, -0.2) is 4.98 Å². The summed E-state index contributed by atoms with van der Waals surface area (Å²) in [5.41, 5.74) is 18.7. The van der Waals surface area contributed by atoms with Crippen LogP contribution in [0.1, 0.15) is 82.0 Å². The molecule has 1 aliphatic rings. The van der Waals surface area contributed by atoms with E-state index in [2.05, 4.69) is 57.5 Å². The van der Waals surface area contributed by atoms with Crippen molar-refractivity contribution in [3.63, 3.8) is 0 Å². The van der Waals surface area contributed by atoms with Crippen LogP contribution in [0.2, 0.25) is 0 Å². The molecule has 9 amide bonds. The molecule has 3 aromatic carbocycles. The molecule has 2 heterocycles. The summed E-state index contributed by atoms with van der Waals surface area (Å²) >= 11 is 0. The Balaban J connectivity index is 1.52. The number of nitrogens with one attached hydrogen (secondary N) is 9. The highest BCUT2D eigenvalue weighted by molar-refractivity contribution is 5.98. The molecule has 4 aromatic rings. The Morgan fingerprint density at radius 3 is 2.09 bits per heavy atom. The summed E-state index contributed by atoms with van der Waals surface area (Å²) < 4.78 is 0. The zero-order valence-corrected chi connectivity index (χ0v) is 41.6. The average Bonchev–Trinajstić information content (AvgIpc) is 3.89. The van der Waals surface area contributed by atoms with E-state index in [-0.39, 0.29) is 76.8 Å². The summed E-state index contributed by atoms with van der Waals surface area (Å²) in [6, 6.07) is 12.6. The third-order valence-electron chi connectivity index (χ3n) is 12.2. The number of hydrogen-bond donors (Lipinski definition) is 12. The van der Waals surface area contributed by atoms with Gasteiger partial charge in [-0.05, 0) is 54.0 Å². The lowest BCUT2D eigenvalue weighted by Crippen LogP contribution is -2.60. The Morgan fingerprint density at radius 2 is 1.42 bits per heavy atom. The Labute approximate surface area is 428 Å². The molecule has 23 nitrogen and oxygen atoms in total. The maximum atomic E-state index is 14.6. The molecular formula is C51H68N14O9. The van der Waals surface area contributed by atoms with Crippen molar-refractivity contribution < 1.29 is 43.2 Å². The van der Waals surface area contributed by atoms with Gasteiger partial charge in [0.05, 0.1) is 6.33 Å². The number of aromatic amines is 1. The molecule has 0 radical (unpaired) electrons. The predicted molar refractivity (Wildman–Crippen MR) is 275 cm³/mol. The quantitative estimate of drug-likeness (QED) is 0.0307. The minimum absolute atomic E-state index is 0.000495. The fourth-order valence-electron chi connectivity index (χ4n) is 8.29. The molecule has 1 aliphatic heterocycles. The fraction of sp³-hybridized carbons (Fsp3) is 0.431. The smallest absolute Gasteiger partial charge is 0.243 e. The minimum atomic E-state index is -1.44. The summed E-state index contributed by atoms with van der Waals surface area (Å²) in [6.45, 7) is 2.99. The van der Waals surface area contributed by atoms with E-state index in [9.17, 15) is 43.2 Å². The number of carbonyl (C=O) groups excluding carboxylic acids is 9. The number of unbranched alkanes of at least 4 members (excludes halogenated alkanes) is 1. The average molecular weight is 1020 g/mol. The van der Waals surface area contributed by atoms with Crippen LogP contribution in [0.15, 0.2) is 90.3 Å². The molecule has 0 spiro atoms. The van der Waals surface area contributed by atoms with E-state index in [0.717, 1.165) is 10.8 Å². The van der Waals surface area contributed by atoms with Gasteiger partial charge in [-0.15, -0.1) is 0 Å². The van der Waals surface area contributed by atoms with Crippen molar-refractivity contribution >= 4 is 69.9 Å². The first-order chi connectivity index (χ1) is 35.5. The number of imidazole rings is 1. The molecule has 0 bridgehead atoms. The van der Waals surface area contributed by atoms with Crippen LogP contribution in [0.5, 0.6) is 0 Å². The zero-order chi connectivity index (χ0) is 53.6. The van der Waals surface area contributed by atoms with E-state index >= 15 is 0 Å². The van der Waals surface area contributed by atoms with Gasteiger partial charge >= 0.3 is 0 Å². The van der Waals surface area contributed by atoms with E-state index in [1.54, 1.807) is 36.4 Å². The number of primary amides is 1. The number of aliphatic imine (C=N–C) groups is 1. The van der Waals surface area contributed by atoms with E-state index in [4.69, 9.17) is 17.2 Å². The van der Waals surface area contributed by atoms with E-state index < -0.39 is 95.5 Å². The van der Waals surface area contributed by atoms with Crippen molar-refractivity contribution in [1.82, 2.24) is 52.5 Å². The number of nitrogens with zero attached hydrogens (tertiary/aromatic N) is 2. The number of fused-ring (bicyclic) bond motifs is 1. The number of H-pyrrole nitrogens is 1. The summed E-state index contributed by atoms with van der Waals surface area (Å²) in [5, 5.41) is 23.4. The highest BCUT2D eigenvalue weighted by Crippen LogP contribution is 2.17.